The molecule has 0 radical (unpaired) electrons. The lowest BCUT2D eigenvalue weighted by Gasteiger charge is -2.36. The summed E-state index contributed by atoms with van der Waals surface area (Å²) in [5.41, 5.74) is 1.78. The third-order valence-corrected chi connectivity index (χ3v) is 6.96. The lowest BCUT2D eigenvalue weighted by molar-refractivity contribution is -0.127. The molecule has 2 fully saturated rings. The molecule has 2 heterocycles. The van der Waals surface area contributed by atoms with Gasteiger partial charge in [0.05, 0.1) is 11.3 Å². The van der Waals surface area contributed by atoms with E-state index >= 15 is 0 Å². The Morgan fingerprint density at radius 3 is 2.33 bits per heavy atom. The number of benzene rings is 2. The van der Waals surface area contributed by atoms with Gasteiger partial charge in [-0.25, -0.2) is 0 Å². The molecule has 0 atom stereocenters. The molecule has 7 heteroatoms. The van der Waals surface area contributed by atoms with E-state index in [9.17, 15) is 9.59 Å². The Balaban J connectivity index is 1.37. The molecule has 2 saturated heterocycles. The molecule has 2 aromatic carbocycles. The summed E-state index contributed by atoms with van der Waals surface area (Å²) in [6, 6.07) is 15.5. The number of nitrogens with zero attached hydrogens (tertiary/aromatic N) is 3. The van der Waals surface area contributed by atoms with E-state index in [1.807, 2.05) is 58.3 Å². The van der Waals surface area contributed by atoms with Crippen LogP contribution in [0.1, 0.15) is 23.2 Å². The van der Waals surface area contributed by atoms with Gasteiger partial charge in [0, 0.05) is 54.9 Å². The van der Waals surface area contributed by atoms with Crippen molar-refractivity contribution in [3.8, 4) is 0 Å². The summed E-state index contributed by atoms with van der Waals surface area (Å²) in [5, 5.41) is 0.723. The monoisotopic (exact) mass is 443 g/mol. The first-order chi connectivity index (χ1) is 14.6. The Bertz CT molecular complexity index is 909. The van der Waals surface area contributed by atoms with Gasteiger partial charge in [-0.2, -0.15) is 0 Å². The lowest BCUT2D eigenvalue weighted by Crippen LogP contribution is -2.48. The number of carbonyl (C=O) groups is 2. The fourth-order valence-corrected chi connectivity index (χ4v) is 5.11. The van der Waals surface area contributed by atoms with Crippen LogP contribution >= 0.6 is 23.4 Å². The minimum Gasteiger partial charge on any atom is -0.368 e. The van der Waals surface area contributed by atoms with Crippen LogP contribution in [0.3, 0.4) is 0 Å². The Morgan fingerprint density at radius 1 is 0.867 bits per heavy atom. The highest BCUT2D eigenvalue weighted by Gasteiger charge is 2.25. The summed E-state index contributed by atoms with van der Waals surface area (Å²) in [6.45, 7) is 4.59. The number of amides is 2. The summed E-state index contributed by atoms with van der Waals surface area (Å²) in [6.07, 6.45) is 2.18. The van der Waals surface area contributed by atoms with Gasteiger partial charge < -0.3 is 14.7 Å². The van der Waals surface area contributed by atoms with Crippen LogP contribution in [0, 0.1) is 0 Å². The summed E-state index contributed by atoms with van der Waals surface area (Å²) in [4.78, 5) is 32.6. The molecule has 30 heavy (non-hydrogen) atoms. The van der Waals surface area contributed by atoms with E-state index in [-0.39, 0.29) is 11.8 Å². The van der Waals surface area contributed by atoms with Gasteiger partial charge in [0.2, 0.25) is 5.91 Å². The van der Waals surface area contributed by atoms with Gasteiger partial charge >= 0.3 is 0 Å². The molecular formula is C23H26ClN3O2S. The van der Waals surface area contributed by atoms with Crippen molar-refractivity contribution in [2.24, 2.45) is 0 Å². The second-order valence-electron chi connectivity index (χ2n) is 7.63. The van der Waals surface area contributed by atoms with E-state index < -0.39 is 0 Å². The minimum absolute atomic E-state index is 0.0393. The van der Waals surface area contributed by atoms with Gasteiger partial charge in [0.15, 0.2) is 0 Å². The van der Waals surface area contributed by atoms with Crippen LogP contribution in [0.15, 0.2) is 53.4 Å². The molecule has 2 aliphatic rings. The predicted molar refractivity (Wildman–Crippen MR) is 123 cm³/mol. The largest absolute Gasteiger partial charge is 0.368 e. The third-order valence-electron chi connectivity index (χ3n) is 5.67. The number of hydrogen-bond donors (Lipinski definition) is 0. The van der Waals surface area contributed by atoms with Crippen LogP contribution in [-0.2, 0) is 4.79 Å². The van der Waals surface area contributed by atoms with E-state index in [1.54, 1.807) is 0 Å². The van der Waals surface area contributed by atoms with Crippen LogP contribution in [0.2, 0.25) is 5.02 Å². The third kappa shape index (κ3) is 4.93. The number of carbonyl (C=O) groups excluding carboxylic acids is 2. The van der Waals surface area contributed by atoms with Gasteiger partial charge in [-0.05, 0) is 43.2 Å². The van der Waals surface area contributed by atoms with Crippen molar-refractivity contribution >= 4 is 40.9 Å². The molecule has 0 spiro atoms. The van der Waals surface area contributed by atoms with Crippen LogP contribution in [0.5, 0.6) is 0 Å². The number of halogens is 1. The summed E-state index contributed by atoms with van der Waals surface area (Å²) in [7, 11) is 0. The smallest absolute Gasteiger partial charge is 0.255 e. The maximum atomic E-state index is 13.2. The van der Waals surface area contributed by atoms with Crippen molar-refractivity contribution in [3.05, 3.63) is 59.1 Å². The molecule has 2 aromatic rings. The van der Waals surface area contributed by atoms with E-state index in [4.69, 9.17) is 11.6 Å². The van der Waals surface area contributed by atoms with Crippen molar-refractivity contribution in [2.45, 2.75) is 17.7 Å². The van der Waals surface area contributed by atoms with Gasteiger partial charge in [-0.1, -0.05) is 29.8 Å². The Morgan fingerprint density at radius 2 is 1.60 bits per heavy atom. The standard InChI is InChI=1S/C23H26ClN3O2S/c24-18-6-5-7-19(16-18)25-12-14-27(15-13-25)23(29)20-8-1-2-9-21(20)30-17-22(28)26-10-3-4-11-26/h1-2,5-9,16H,3-4,10-15,17H2. The first kappa shape index (κ1) is 21.1. The second-order valence-corrected chi connectivity index (χ2v) is 9.09. The van der Waals surface area contributed by atoms with E-state index in [1.165, 1.54) is 11.8 Å². The molecule has 4 rings (SSSR count). The molecular weight excluding hydrogens is 418 g/mol. The number of thioether (sulfide) groups is 1. The quantitative estimate of drug-likeness (QED) is 0.655. The normalized spacial score (nSPS) is 16.8. The van der Waals surface area contributed by atoms with Gasteiger partial charge in [0.1, 0.15) is 0 Å². The van der Waals surface area contributed by atoms with Crippen LogP contribution in [-0.4, -0.2) is 66.6 Å². The first-order valence-corrected chi connectivity index (χ1v) is 11.8. The molecule has 0 unspecified atom stereocenters. The number of piperazine rings is 1. The van der Waals surface area contributed by atoms with Crippen molar-refractivity contribution in [1.82, 2.24) is 9.80 Å². The molecule has 5 nitrogen and oxygen atoms in total. The fraction of sp³-hybridized carbons (Fsp3) is 0.391. The molecule has 158 valence electrons. The minimum atomic E-state index is 0.0393. The molecule has 0 saturated carbocycles. The van der Waals surface area contributed by atoms with Crippen molar-refractivity contribution < 1.29 is 9.59 Å². The van der Waals surface area contributed by atoms with Gasteiger partial charge in [0.25, 0.3) is 5.91 Å². The van der Waals surface area contributed by atoms with E-state index in [0.717, 1.165) is 54.6 Å². The highest BCUT2D eigenvalue weighted by Crippen LogP contribution is 2.26. The zero-order valence-corrected chi connectivity index (χ0v) is 18.5. The van der Waals surface area contributed by atoms with Crippen LogP contribution in [0.25, 0.3) is 0 Å². The number of rotatable bonds is 5. The molecule has 0 aromatic heterocycles. The number of likely N-dealkylation sites (tertiary alicyclic amines) is 1. The second kappa shape index (κ2) is 9.75. The first-order valence-electron chi connectivity index (χ1n) is 10.4. The number of hydrogen-bond acceptors (Lipinski definition) is 4. The van der Waals surface area contributed by atoms with Crippen LogP contribution in [0.4, 0.5) is 5.69 Å². The topological polar surface area (TPSA) is 43.9 Å². The lowest BCUT2D eigenvalue weighted by atomic mass is 10.1. The molecule has 0 bridgehead atoms. The molecule has 2 aliphatic heterocycles. The Labute approximate surface area is 187 Å². The predicted octanol–water partition coefficient (Wildman–Crippen LogP) is 4.02. The van der Waals surface area contributed by atoms with Crippen molar-refractivity contribution in [3.63, 3.8) is 0 Å². The Kier molecular flexibility index (Phi) is 6.85. The summed E-state index contributed by atoms with van der Waals surface area (Å²) >= 11 is 7.58. The molecule has 0 aliphatic carbocycles. The van der Waals surface area contributed by atoms with Gasteiger partial charge in [-0.15, -0.1) is 11.8 Å². The molecule has 2 amide bonds. The highest BCUT2D eigenvalue weighted by atomic mass is 35.5. The Hall–Kier alpha value is -2.18. The van der Waals surface area contributed by atoms with E-state index in [2.05, 4.69) is 4.90 Å². The molecule has 0 N–H and O–H groups in total. The van der Waals surface area contributed by atoms with Crippen LogP contribution < -0.4 is 4.90 Å². The van der Waals surface area contributed by atoms with Crippen molar-refractivity contribution in [1.29, 1.82) is 0 Å². The summed E-state index contributed by atoms with van der Waals surface area (Å²) < 4.78 is 0. The van der Waals surface area contributed by atoms with Crippen molar-refractivity contribution in [2.75, 3.05) is 49.9 Å². The highest BCUT2D eigenvalue weighted by molar-refractivity contribution is 8.00. The average molecular weight is 444 g/mol. The number of anilines is 1. The fourth-order valence-electron chi connectivity index (χ4n) is 3.98. The maximum Gasteiger partial charge on any atom is 0.255 e. The summed E-state index contributed by atoms with van der Waals surface area (Å²) in [5.74, 6) is 0.583. The SMILES string of the molecule is O=C(CSc1ccccc1C(=O)N1CCN(c2cccc(Cl)c2)CC1)N1CCCC1. The van der Waals surface area contributed by atoms with Gasteiger partial charge in [-0.3, -0.25) is 9.59 Å². The average Bonchev–Trinajstić information content (AvgIpc) is 3.32. The maximum absolute atomic E-state index is 13.2. The zero-order valence-electron chi connectivity index (χ0n) is 16.9. The zero-order chi connectivity index (χ0) is 20.9. The van der Waals surface area contributed by atoms with E-state index in [0.29, 0.717) is 24.4 Å².